The molecular formula is C29H36Cl2N4. The lowest BCUT2D eigenvalue weighted by Crippen LogP contribution is -2.36. The van der Waals surface area contributed by atoms with Gasteiger partial charge in [-0.05, 0) is 112 Å². The Morgan fingerprint density at radius 1 is 1.17 bits per heavy atom. The smallest absolute Gasteiger partial charge is 0.0856 e. The number of likely N-dealkylation sites (tertiary alicyclic amines) is 1. The van der Waals surface area contributed by atoms with E-state index in [0.29, 0.717) is 10.9 Å². The highest BCUT2D eigenvalue weighted by atomic mass is 35.5. The van der Waals surface area contributed by atoms with Crippen molar-refractivity contribution in [1.29, 1.82) is 0 Å². The Morgan fingerprint density at radius 3 is 2.57 bits per heavy atom. The minimum absolute atomic E-state index is 0.557. The predicted molar refractivity (Wildman–Crippen MR) is 153 cm³/mol. The number of hydrogen-bond acceptors (Lipinski definition) is 4. The summed E-state index contributed by atoms with van der Waals surface area (Å²) in [5.74, 6) is 0.557. The number of halogens is 2. The first-order valence-corrected chi connectivity index (χ1v) is 12.9. The zero-order valence-corrected chi connectivity index (χ0v) is 22.1. The average Bonchev–Trinajstić information content (AvgIpc) is 2.87. The third-order valence-electron chi connectivity index (χ3n) is 6.57. The zero-order chi connectivity index (χ0) is 25.2. The van der Waals surface area contributed by atoms with Crippen LogP contribution in [0.5, 0.6) is 0 Å². The van der Waals surface area contributed by atoms with Gasteiger partial charge in [-0.3, -0.25) is 4.99 Å². The van der Waals surface area contributed by atoms with Gasteiger partial charge in [0.1, 0.15) is 0 Å². The normalized spacial score (nSPS) is 15.7. The van der Waals surface area contributed by atoms with Gasteiger partial charge in [0.15, 0.2) is 0 Å². The predicted octanol–water partition coefficient (Wildman–Crippen LogP) is 7.41. The van der Waals surface area contributed by atoms with Crippen LogP contribution in [-0.4, -0.2) is 37.8 Å². The average molecular weight is 512 g/mol. The van der Waals surface area contributed by atoms with Crippen LogP contribution < -0.4 is 10.6 Å². The molecule has 0 aliphatic carbocycles. The second-order valence-electron chi connectivity index (χ2n) is 8.95. The summed E-state index contributed by atoms with van der Waals surface area (Å²) in [6.07, 6.45) is 9.28. The van der Waals surface area contributed by atoms with Gasteiger partial charge in [0.2, 0.25) is 0 Å². The van der Waals surface area contributed by atoms with E-state index in [-0.39, 0.29) is 0 Å². The van der Waals surface area contributed by atoms with Gasteiger partial charge in [-0.15, -0.1) is 0 Å². The summed E-state index contributed by atoms with van der Waals surface area (Å²) < 4.78 is 0. The summed E-state index contributed by atoms with van der Waals surface area (Å²) >= 11 is 12.6. The maximum absolute atomic E-state index is 6.35. The first kappa shape index (κ1) is 27.1. The molecule has 0 bridgehead atoms. The zero-order valence-electron chi connectivity index (χ0n) is 20.6. The molecule has 0 atom stereocenters. The van der Waals surface area contributed by atoms with Gasteiger partial charge < -0.3 is 15.5 Å². The van der Waals surface area contributed by atoms with E-state index < -0.39 is 0 Å². The Morgan fingerprint density at radius 2 is 1.91 bits per heavy atom. The van der Waals surface area contributed by atoms with Crippen molar-refractivity contribution in [3.8, 4) is 0 Å². The van der Waals surface area contributed by atoms with Crippen LogP contribution in [-0.2, 0) is 6.54 Å². The van der Waals surface area contributed by atoms with E-state index >= 15 is 0 Å². The molecule has 0 saturated carbocycles. The van der Waals surface area contributed by atoms with Crippen LogP contribution in [0.4, 0.5) is 11.4 Å². The fraction of sp³-hybridized carbons (Fsp3) is 0.345. The van der Waals surface area contributed by atoms with E-state index in [1.807, 2.05) is 36.4 Å². The molecule has 0 amide bonds. The number of aliphatic imine (C=N–C) groups is 1. The number of anilines is 1. The van der Waals surface area contributed by atoms with Crippen LogP contribution in [0.1, 0.15) is 31.7 Å². The number of nitrogens with two attached hydrogens (primary N) is 1. The molecule has 1 fully saturated rings. The van der Waals surface area contributed by atoms with E-state index in [1.165, 1.54) is 5.57 Å². The molecule has 1 saturated heterocycles. The standard InChI is InChI=1S/C29H36Cl2N4/c1-4-23(19-27(32)5-2)24-12-16-34(17-13-24)14-7-15-35(21-22-8-6-9-25(30)18-22)29-20-26(31)10-11-28(29)33-3/h4-6,8-11,18-20,24H,2-3,7,12-17,21,32H2,1H3/b23-4+,27-19+. The third-order valence-corrected chi connectivity index (χ3v) is 7.04. The third kappa shape index (κ3) is 7.99. The van der Waals surface area contributed by atoms with E-state index in [9.17, 15) is 0 Å². The van der Waals surface area contributed by atoms with Crippen LogP contribution in [0.2, 0.25) is 10.0 Å². The fourth-order valence-corrected chi connectivity index (χ4v) is 5.07. The molecule has 35 heavy (non-hydrogen) atoms. The Bertz CT molecular complexity index is 1070. The minimum Gasteiger partial charge on any atom is -0.399 e. The Balaban J connectivity index is 1.63. The van der Waals surface area contributed by atoms with Crippen molar-refractivity contribution in [2.24, 2.45) is 16.6 Å². The molecule has 2 aromatic carbocycles. The fourth-order valence-electron chi connectivity index (χ4n) is 4.69. The van der Waals surface area contributed by atoms with Crippen molar-refractivity contribution < 1.29 is 0 Å². The number of nitrogens with zero attached hydrogens (tertiary/aromatic N) is 3. The van der Waals surface area contributed by atoms with Gasteiger partial charge >= 0.3 is 0 Å². The molecule has 4 nitrogen and oxygen atoms in total. The lowest BCUT2D eigenvalue weighted by atomic mass is 9.88. The largest absolute Gasteiger partial charge is 0.399 e. The minimum atomic E-state index is 0.557. The molecule has 1 heterocycles. The molecule has 1 aliphatic heterocycles. The molecule has 2 aromatic rings. The maximum atomic E-state index is 6.35. The highest BCUT2D eigenvalue weighted by molar-refractivity contribution is 6.31. The SMILES string of the molecule is C=C/C(N)=C\C(=C/C)C1CCN(CCCN(Cc2cccc(Cl)c2)c2cc(Cl)ccc2N=C)CC1. The second-order valence-corrected chi connectivity index (χ2v) is 9.82. The first-order valence-electron chi connectivity index (χ1n) is 12.2. The number of hydrogen-bond donors (Lipinski definition) is 1. The highest BCUT2D eigenvalue weighted by Gasteiger charge is 2.21. The molecule has 3 rings (SSSR count). The van der Waals surface area contributed by atoms with Crippen LogP contribution in [0, 0.1) is 5.92 Å². The van der Waals surface area contributed by atoms with Crippen molar-refractivity contribution in [1.82, 2.24) is 4.90 Å². The van der Waals surface area contributed by atoms with Crippen molar-refractivity contribution in [3.63, 3.8) is 0 Å². The lowest BCUT2D eigenvalue weighted by Gasteiger charge is -2.33. The maximum Gasteiger partial charge on any atom is 0.0856 e. The number of piperidine rings is 1. The molecule has 0 radical (unpaired) electrons. The molecule has 1 aliphatic rings. The van der Waals surface area contributed by atoms with Crippen molar-refractivity contribution in [2.75, 3.05) is 31.1 Å². The number of allylic oxidation sites excluding steroid dienone is 4. The van der Waals surface area contributed by atoms with Gasteiger partial charge in [0.25, 0.3) is 0 Å². The Labute approximate surface area is 220 Å². The molecule has 2 N–H and O–H groups in total. The van der Waals surface area contributed by atoms with Crippen molar-refractivity contribution in [2.45, 2.75) is 32.7 Å². The summed E-state index contributed by atoms with van der Waals surface area (Å²) in [5, 5.41) is 1.43. The van der Waals surface area contributed by atoms with Crippen LogP contribution in [0.15, 0.2) is 83.5 Å². The molecule has 0 spiro atoms. The van der Waals surface area contributed by atoms with Crippen LogP contribution in [0.25, 0.3) is 0 Å². The monoisotopic (exact) mass is 510 g/mol. The quantitative estimate of drug-likeness (QED) is 0.252. The summed E-state index contributed by atoms with van der Waals surface area (Å²) in [7, 11) is 0. The van der Waals surface area contributed by atoms with E-state index in [0.717, 1.165) is 79.6 Å². The van der Waals surface area contributed by atoms with Gasteiger partial charge in [-0.1, -0.05) is 48.0 Å². The Hall–Kier alpha value is -2.53. The Kier molecular flexibility index (Phi) is 10.5. The molecule has 0 aromatic heterocycles. The van der Waals surface area contributed by atoms with Gasteiger partial charge in [0.05, 0.1) is 11.4 Å². The lowest BCUT2D eigenvalue weighted by molar-refractivity contribution is 0.198. The number of benzene rings is 2. The molecule has 0 unspecified atom stereocenters. The summed E-state index contributed by atoms with van der Waals surface area (Å²) in [6.45, 7) is 14.5. The van der Waals surface area contributed by atoms with Gasteiger partial charge in [-0.2, -0.15) is 0 Å². The first-order chi connectivity index (χ1) is 16.9. The molecule has 6 heteroatoms. The van der Waals surface area contributed by atoms with E-state index in [4.69, 9.17) is 28.9 Å². The number of rotatable bonds is 11. The summed E-state index contributed by atoms with van der Waals surface area (Å²) in [4.78, 5) is 9.13. The highest BCUT2D eigenvalue weighted by Crippen LogP contribution is 2.33. The molecular weight excluding hydrogens is 475 g/mol. The van der Waals surface area contributed by atoms with E-state index in [2.05, 4.69) is 53.2 Å². The second kappa shape index (κ2) is 13.5. The van der Waals surface area contributed by atoms with Crippen molar-refractivity contribution >= 4 is 41.3 Å². The summed E-state index contributed by atoms with van der Waals surface area (Å²) in [5.41, 5.74) is 11.0. The van der Waals surface area contributed by atoms with Crippen molar-refractivity contribution in [3.05, 3.63) is 94.2 Å². The van der Waals surface area contributed by atoms with Crippen LogP contribution >= 0.6 is 23.2 Å². The molecule has 186 valence electrons. The summed E-state index contributed by atoms with van der Waals surface area (Å²) in [6, 6.07) is 13.7. The topological polar surface area (TPSA) is 44.9 Å². The van der Waals surface area contributed by atoms with Gasteiger partial charge in [-0.25, -0.2) is 0 Å². The van der Waals surface area contributed by atoms with Crippen LogP contribution in [0.3, 0.4) is 0 Å². The van der Waals surface area contributed by atoms with E-state index in [1.54, 1.807) is 6.08 Å². The van der Waals surface area contributed by atoms with Gasteiger partial charge in [0, 0.05) is 28.8 Å².